The fourth-order valence-electron chi connectivity index (χ4n) is 2.42. The summed E-state index contributed by atoms with van der Waals surface area (Å²) in [4.78, 5) is 2.31. The molecule has 1 saturated heterocycles. The fourth-order valence-corrected chi connectivity index (χ4v) is 2.95. The molecule has 1 aliphatic rings. The van der Waals surface area contributed by atoms with Gasteiger partial charge in [0.1, 0.15) is 5.75 Å². The summed E-state index contributed by atoms with van der Waals surface area (Å²) in [5.41, 5.74) is 0.796. The predicted molar refractivity (Wildman–Crippen MR) is 75.5 cm³/mol. The Hall–Kier alpha value is -0.480. The van der Waals surface area contributed by atoms with Crippen molar-refractivity contribution in [2.24, 2.45) is 0 Å². The van der Waals surface area contributed by atoms with E-state index in [0.29, 0.717) is 22.6 Å². The normalized spacial score (nSPS) is 21.2. The molecule has 1 aromatic rings. The number of likely N-dealkylation sites (N-methyl/N-ethyl adjacent to an activating group) is 1. The number of benzene rings is 1. The van der Waals surface area contributed by atoms with Crippen LogP contribution in [0.25, 0.3) is 0 Å². The highest BCUT2D eigenvalue weighted by molar-refractivity contribution is 6.35. The van der Waals surface area contributed by atoms with Crippen molar-refractivity contribution < 1.29 is 5.11 Å². The molecule has 2 N–H and O–H groups in total. The van der Waals surface area contributed by atoms with Gasteiger partial charge in [-0.3, -0.25) is 4.90 Å². The lowest BCUT2D eigenvalue weighted by Crippen LogP contribution is -2.43. The molecule has 0 radical (unpaired) electrons. The first-order chi connectivity index (χ1) is 8.60. The third-order valence-corrected chi connectivity index (χ3v) is 3.92. The van der Waals surface area contributed by atoms with Crippen LogP contribution >= 0.6 is 23.2 Å². The molecule has 1 aromatic carbocycles. The number of rotatable bonds is 3. The number of hydrogen-bond acceptors (Lipinski definition) is 3. The Bertz CT molecular complexity index is 426. The molecule has 1 fully saturated rings. The van der Waals surface area contributed by atoms with Crippen LogP contribution in [0.15, 0.2) is 12.1 Å². The molecule has 1 unspecified atom stereocenters. The number of nitrogens with zero attached hydrogens (tertiary/aromatic N) is 1. The molecule has 5 heteroatoms. The van der Waals surface area contributed by atoms with Gasteiger partial charge in [-0.05, 0) is 38.6 Å². The number of nitrogens with one attached hydrogen (secondary N) is 1. The Morgan fingerprint density at radius 2 is 2.22 bits per heavy atom. The van der Waals surface area contributed by atoms with Crippen molar-refractivity contribution in [1.82, 2.24) is 10.2 Å². The quantitative estimate of drug-likeness (QED) is 0.898. The van der Waals surface area contributed by atoms with Crippen molar-refractivity contribution in [3.8, 4) is 5.75 Å². The van der Waals surface area contributed by atoms with Crippen LogP contribution in [0.2, 0.25) is 10.0 Å². The topological polar surface area (TPSA) is 35.5 Å². The van der Waals surface area contributed by atoms with Crippen molar-refractivity contribution in [2.75, 3.05) is 20.1 Å². The lowest BCUT2D eigenvalue weighted by Gasteiger charge is -2.32. The second-order valence-corrected chi connectivity index (χ2v) is 5.60. The van der Waals surface area contributed by atoms with Gasteiger partial charge in [-0.2, -0.15) is 0 Å². The van der Waals surface area contributed by atoms with E-state index in [2.05, 4.69) is 10.2 Å². The van der Waals surface area contributed by atoms with Crippen LogP contribution in [-0.2, 0) is 6.54 Å². The Labute approximate surface area is 118 Å². The van der Waals surface area contributed by atoms with E-state index >= 15 is 0 Å². The molecule has 0 aliphatic carbocycles. The zero-order valence-electron chi connectivity index (χ0n) is 10.4. The van der Waals surface area contributed by atoms with Crippen molar-refractivity contribution >= 4 is 23.2 Å². The number of halogens is 2. The standard InChI is InChI=1S/C13H18Cl2N2O/c1-16-11-3-2-4-17(8-11)7-9-5-10(14)6-12(15)13(9)18/h5-6,11,16,18H,2-4,7-8H2,1H3. The van der Waals surface area contributed by atoms with E-state index in [0.717, 1.165) is 18.7 Å². The minimum atomic E-state index is 0.146. The van der Waals surface area contributed by atoms with Gasteiger partial charge in [0.2, 0.25) is 0 Å². The molecule has 0 aromatic heterocycles. The SMILES string of the molecule is CNC1CCCN(Cc2cc(Cl)cc(Cl)c2O)C1. The number of phenols is 1. The molecule has 0 spiro atoms. The third-order valence-electron chi connectivity index (χ3n) is 3.41. The van der Waals surface area contributed by atoms with Gasteiger partial charge >= 0.3 is 0 Å². The van der Waals surface area contributed by atoms with Crippen LogP contribution in [-0.4, -0.2) is 36.2 Å². The van der Waals surface area contributed by atoms with E-state index in [1.165, 1.54) is 12.8 Å². The molecule has 0 amide bonds. The molecular formula is C13H18Cl2N2O. The fraction of sp³-hybridized carbons (Fsp3) is 0.538. The predicted octanol–water partition coefficient (Wildman–Crippen LogP) is 2.88. The number of phenolic OH excluding ortho intramolecular Hbond substituents is 1. The highest BCUT2D eigenvalue weighted by Crippen LogP contribution is 2.32. The minimum Gasteiger partial charge on any atom is -0.506 e. The van der Waals surface area contributed by atoms with Gasteiger partial charge in [0.15, 0.2) is 0 Å². The summed E-state index contributed by atoms with van der Waals surface area (Å²) in [6, 6.07) is 3.87. The van der Waals surface area contributed by atoms with Crippen LogP contribution in [0.3, 0.4) is 0 Å². The Morgan fingerprint density at radius 1 is 1.44 bits per heavy atom. The Balaban J connectivity index is 2.09. The zero-order valence-corrected chi connectivity index (χ0v) is 11.9. The van der Waals surface area contributed by atoms with Crippen molar-refractivity contribution in [3.63, 3.8) is 0 Å². The Kier molecular flexibility index (Phi) is 4.73. The van der Waals surface area contributed by atoms with E-state index < -0.39 is 0 Å². The highest BCUT2D eigenvalue weighted by Gasteiger charge is 2.20. The van der Waals surface area contributed by atoms with Crippen molar-refractivity contribution in [1.29, 1.82) is 0 Å². The van der Waals surface area contributed by atoms with E-state index in [1.807, 2.05) is 7.05 Å². The molecule has 3 nitrogen and oxygen atoms in total. The number of likely N-dealkylation sites (tertiary alicyclic amines) is 1. The van der Waals surface area contributed by atoms with Gasteiger partial charge < -0.3 is 10.4 Å². The summed E-state index contributed by atoms with van der Waals surface area (Å²) < 4.78 is 0. The van der Waals surface area contributed by atoms with Crippen LogP contribution in [0.5, 0.6) is 5.75 Å². The Morgan fingerprint density at radius 3 is 2.94 bits per heavy atom. The summed E-state index contributed by atoms with van der Waals surface area (Å²) in [5.74, 6) is 0.146. The molecule has 18 heavy (non-hydrogen) atoms. The summed E-state index contributed by atoms with van der Waals surface area (Å²) in [7, 11) is 1.99. The summed E-state index contributed by atoms with van der Waals surface area (Å²) in [6.45, 7) is 2.71. The molecule has 0 bridgehead atoms. The largest absolute Gasteiger partial charge is 0.506 e. The molecule has 0 saturated carbocycles. The zero-order chi connectivity index (χ0) is 13.1. The van der Waals surface area contributed by atoms with Gasteiger partial charge in [0.25, 0.3) is 0 Å². The van der Waals surface area contributed by atoms with Crippen LogP contribution in [0, 0.1) is 0 Å². The van der Waals surface area contributed by atoms with Crippen LogP contribution < -0.4 is 5.32 Å². The molecular weight excluding hydrogens is 271 g/mol. The monoisotopic (exact) mass is 288 g/mol. The summed E-state index contributed by atoms with van der Waals surface area (Å²) >= 11 is 11.9. The van der Waals surface area contributed by atoms with Gasteiger partial charge in [-0.1, -0.05) is 23.2 Å². The summed E-state index contributed by atoms with van der Waals surface area (Å²) in [6.07, 6.45) is 2.37. The van der Waals surface area contributed by atoms with Gasteiger partial charge in [0, 0.05) is 29.7 Å². The van der Waals surface area contributed by atoms with E-state index in [4.69, 9.17) is 23.2 Å². The van der Waals surface area contributed by atoms with Crippen molar-refractivity contribution in [3.05, 3.63) is 27.7 Å². The first kappa shape index (κ1) is 13.9. The van der Waals surface area contributed by atoms with E-state index in [-0.39, 0.29) is 5.75 Å². The van der Waals surface area contributed by atoms with E-state index in [9.17, 15) is 5.11 Å². The first-order valence-electron chi connectivity index (χ1n) is 6.16. The number of piperidine rings is 1. The van der Waals surface area contributed by atoms with Crippen LogP contribution in [0.1, 0.15) is 18.4 Å². The average molecular weight is 289 g/mol. The molecule has 1 heterocycles. The van der Waals surface area contributed by atoms with Gasteiger partial charge in [-0.15, -0.1) is 0 Å². The first-order valence-corrected chi connectivity index (χ1v) is 6.92. The molecule has 1 aliphatic heterocycles. The highest BCUT2D eigenvalue weighted by atomic mass is 35.5. The third kappa shape index (κ3) is 3.29. The second kappa shape index (κ2) is 6.11. The maximum atomic E-state index is 9.94. The van der Waals surface area contributed by atoms with Gasteiger partial charge in [0.05, 0.1) is 5.02 Å². The average Bonchev–Trinajstić information content (AvgIpc) is 2.35. The minimum absolute atomic E-state index is 0.146. The summed E-state index contributed by atoms with van der Waals surface area (Å²) in [5, 5.41) is 14.1. The number of aromatic hydroxyl groups is 1. The molecule has 1 atom stereocenters. The second-order valence-electron chi connectivity index (χ2n) is 4.76. The maximum absolute atomic E-state index is 9.94. The number of hydrogen-bond donors (Lipinski definition) is 2. The maximum Gasteiger partial charge on any atom is 0.138 e. The van der Waals surface area contributed by atoms with Gasteiger partial charge in [-0.25, -0.2) is 0 Å². The lowest BCUT2D eigenvalue weighted by atomic mass is 10.0. The smallest absolute Gasteiger partial charge is 0.138 e. The lowest BCUT2D eigenvalue weighted by molar-refractivity contribution is 0.186. The van der Waals surface area contributed by atoms with Crippen LogP contribution in [0.4, 0.5) is 0 Å². The van der Waals surface area contributed by atoms with E-state index in [1.54, 1.807) is 12.1 Å². The van der Waals surface area contributed by atoms with Crippen molar-refractivity contribution in [2.45, 2.75) is 25.4 Å². The molecule has 100 valence electrons. The molecule has 2 rings (SSSR count).